The number of hydrogen-bond donors (Lipinski definition) is 0. The zero-order valence-electron chi connectivity index (χ0n) is 18.5. The van der Waals surface area contributed by atoms with Crippen LogP contribution in [-0.2, 0) is 17.9 Å². The van der Waals surface area contributed by atoms with Crippen LogP contribution >= 0.6 is 11.8 Å². The molecule has 1 aromatic heterocycles. The molecule has 3 aromatic rings. The van der Waals surface area contributed by atoms with Crippen LogP contribution in [0.3, 0.4) is 0 Å². The number of aromatic nitrogens is 3. The minimum atomic E-state index is -0.0530. The van der Waals surface area contributed by atoms with Crippen LogP contribution in [-0.4, -0.2) is 44.0 Å². The second-order valence-electron chi connectivity index (χ2n) is 8.09. The highest BCUT2D eigenvalue weighted by Gasteiger charge is 2.28. The van der Waals surface area contributed by atoms with Gasteiger partial charge >= 0.3 is 5.69 Å². The fraction of sp³-hybridized carbons (Fsp3) is 0.400. The van der Waals surface area contributed by atoms with Crippen LogP contribution in [0.5, 0.6) is 0 Å². The Morgan fingerprint density at radius 1 is 1.03 bits per heavy atom. The van der Waals surface area contributed by atoms with Gasteiger partial charge in [0, 0.05) is 42.6 Å². The standard InChI is InChI=1S/C25H30N4O2S/c1-2-28-24(26-29(25(28)31)19-20-9-5-3-6-10-20)21-13-16-27(17-14-21)23(30)15-18-32-22-11-7-4-8-12-22/h3-12,21H,2,13-19H2,1H3. The Morgan fingerprint density at radius 2 is 1.69 bits per heavy atom. The van der Waals surface area contributed by atoms with Gasteiger partial charge in [0.1, 0.15) is 5.82 Å². The van der Waals surface area contributed by atoms with Crippen LogP contribution in [0.4, 0.5) is 0 Å². The van der Waals surface area contributed by atoms with Gasteiger partial charge in [-0.05, 0) is 37.5 Å². The van der Waals surface area contributed by atoms with E-state index < -0.39 is 0 Å². The van der Waals surface area contributed by atoms with Crippen molar-refractivity contribution in [3.8, 4) is 0 Å². The van der Waals surface area contributed by atoms with E-state index in [0.717, 1.165) is 43.1 Å². The van der Waals surface area contributed by atoms with Crippen LogP contribution < -0.4 is 5.69 Å². The van der Waals surface area contributed by atoms with Gasteiger partial charge in [0.25, 0.3) is 0 Å². The third-order valence-electron chi connectivity index (χ3n) is 5.98. The maximum atomic E-state index is 12.9. The van der Waals surface area contributed by atoms with Crippen molar-refractivity contribution >= 4 is 17.7 Å². The zero-order valence-corrected chi connectivity index (χ0v) is 19.3. The van der Waals surface area contributed by atoms with Gasteiger partial charge in [-0.3, -0.25) is 9.36 Å². The highest BCUT2D eigenvalue weighted by Crippen LogP contribution is 2.27. The summed E-state index contributed by atoms with van der Waals surface area (Å²) in [6, 6.07) is 20.1. The molecule has 1 saturated heterocycles. The Hall–Kier alpha value is -2.80. The summed E-state index contributed by atoms with van der Waals surface area (Å²) < 4.78 is 3.37. The minimum Gasteiger partial charge on any atom is -0.343 e. The minimum absolute atomic E-state index is 0.0530. The van der Waals surface area contributed by atoms with Gasteiger partial charge in [-0.25, -0.2) is 9.48 Å². The van der Waals surface area contributed by atoms with Gasteiger partial charge in [-0.15, -0.1) is 11.8 Å². The summed E-state index contributed by atoms with van der Waals surface area (Å²) in [4.78, 5) is 28.7. The van der Waals surface area contributed by atoms with E-state index in [9.17, 15) is 9.59 Å². The summed E-state index contributed by atoms with van der Waals surface area (Å²) in [5, 5.41) is 4.71. The van der Waals surface area contributed by atoms with Crippen molar-refractivity contribution in [3.05, 3.63) is 82.5 Å². The summed E-state index contributed by atoms with van der Waals surface area (Å²) in [6.45, 7) is 4.53. The number of carbonyl (C=O) groups excluding carboxylic acids is 1. The number of carbonyl (C=O) groups is 1. The first kappa shape index (κ1) is 22.4. The largest absolute Gasteiger partial charge is 0.346 e. The van der Waals surface area contributed by atoms with Gasteiger partial charge in [-0.2, -0.15) is 5.10 Å². The molecule has 2 aromatic carbocycles. The lowest BCUT2D eigenvalue weighted by Gasteiger charge is -2.31. The molecule has 1 fully saturated rings. The lowest BCUT2D eigenvalue weighted by atomic mass is 9.95. The quantitative estimate of drug-likeness (QED) is 0.487. The first-order chi connectivity index (χ1) is 15.7. The van der Waals surface area contributed by atoms with E-state index in [2.05, 4.69) is 12.1 Å². The molecule has 0 spiro atoms. The van der Waals surface area contributed by atoms with E-state index in [1.807, 2.05) is 60.4 Å². The number of amides is 1. The lowest BCUT2D eigenvalue weighted by Crippen LogP contribution is -2.38. The molecule has 32 heavy (non-hydrogen) atoms. The third-order valence-corrected chi connectivity index (χ3v) is 7.00. The van der Waals surface area contributed by atoms with Crippen molar-refractivity contribution < 1.29 is 4.79 Å². The van der Waals surface area contributed by atoms with Crippen molar-refractivity contribution in [3.63, 3.8) is 0 Å². The van der Waals surface area contributed by atoms with Crippen LogP contribution in [0.15, 0.2) is 70.4 Å². The van der Waals surface area contributed by atoms with Crippen LogP contribution in [0.1, 0.15) is 43.5 Å². The topological polar surface area (TPSA) is 60.1 Å². The first-order valence-corrected chi connectivity index (χ1v) is 12.3. The van der Waals surface area contributed by atoms with Gasteiger partial charge in [0.05, 0.1) is 6.54 Å². The molecule has 168 valence electrons. The molecule has 0 atom stereocenters. The molecular weight excluding hydrogens is 420 g/mol. The molecule has 0 saturated carbocycles. The summed E-state index contributed by atoms with van der Waals surface area (Å²) in [5.41, 5.74) is 1.01. The van der Waals surface area contributed by atoms with Crippen LogP contribution in [0, 0.1) is 0 Å². The summed E-state index contributed by atoms with van der Waals surface area (Å²) in [5.74, 6) is 2.08. The predicted molar refractivity (Wildman–Crippen MR) is 128 cm³/mol. The third kappa shape index (κ3) is 5.33. The average Bonchev–Trinajstić information content (AvgIpc) is 3.15. The number of nitrogens with zero attached hydrogens (tertiary/aromatic N) is 4. The molecule has 7 heteroatoms. The van der Waals surface area contributed by atoms with Crippen molar-refractivity contribution in [2.45, 2.75) is 50.1 Å². The molecule has 0 bridgehead atoms. The first-order valence-electron chi connectivity index (χ1n) is 11.3. The molecular formula is C25H30N4O2S. The highest BCUT2D eigenvalue weighted by atomic mass is 32.2. The number of piperidine rings is 1. The highest BCUT2D eigenvalue weighted by molar-refractivity contribution is 7.99. The SMILES string of the molecule is CCn1c(C2CCN(C(=O)CCSc3ccccc3)CC2)nn(Cc2ccccc2)c1=O. The molecule has 2 heterocycles. The molecule has 0 N–H and O–H groups in total. The van der Waals surface area contributed by atoms with E-state index in [1.54, 1.807) is 21.0 Å². The van der Waals surface area contributed by atoms with E-state index >= 15 is 0 Å². The van der Waals surface area contributed by atoms with Crippen molar-refractivity contribution in [1.29, 1.82) is 0 Å². The van der Waals surface area contributed by atoms with Gasteiger partial charge < -0.3 is 4.90 Å². The normalized spacial score (nSPS) is 14.6. The Labute approximate surface area is 193 Å². The lowest BCUT2D eigenvalue weighted by molar-refractivity contribution is -0.131. The van der Waals surface area contributed by atoms with Crippen LogP contribution in [0.2, 0.25) is 0 Å². The Morgan fingerprint density at radius 3 is 2.34 bits per heavy atom. The fourth-order valence-electron chi connectivity index (χ4n) is 4.23. The van der Waals surface area contributed by atoms with Gasteiger partial charge in [-0.1, -0.05) is 48.5 Å². The van der Waals surface area contributed by atoms with E-state index in [4.69, 9.17) is 5.10 Å². The molecule has 1 aliphatic rings. The number of hydrogen-bond acceptors (Lipinski definition) is 4. The fourth-order valence-corrected chi connectivity index (χ4v) is 5.10. The predicted octanol–water partition coefficient (Wildman–Crippen LogP) is 4.00. The van der Waals surface area contributed by atoms with Crippen molar-refractivity contribution in [2.75, 3.05) is 18.8 Å². The average molecular weight is 451 g/mol. The van der Waals surface area contributed by atoms with E-state index in [0.29, 0.717) is 19.5 Å². The number of benzene rings is 2. The maximum Gasteiger partial charge on any atom is 0.346 e. The zero-order chi connectivity index (χ0) is 22.3. The molecule has 4 rings (SSSR count). The van der Waals surface area contributed by atoms with E-state index in [-0.39, 0.29) is 17.5 Å². The number of likely N-dealkylation sites (tertiary alicyclic amines) is 1. The number of thioether (sulfide) groups is 1. The summed E-state index contributed by atoms with van der Waals surface area (Å²) >= 11 is 1.72. The van der Waals surface area contributed by atoms with Crippen molar-refractivity contribution in [2.24, 2.45) is 0 Å². The molecule has 0 radical (unpaired) electrons. The Bertz CT molecular complexity index is 1070. The Balaban J connectivity index is 1.34. The van der Waals surface area contributed by atoms with Crippen molar-refractivity contribution in [1.82, 2.24) is 19.2 Å². The second kappa shape index (κ2) is 10.7. The second-order valence-corrected chi connectivity index (χ2v) is 9.26. The smallest absolute Gasteiger partial charge is 0.343 e. The number of rotatable bonds is 8. The maximum absolute atomic E-state index is 12.9. The van der Waals surface area contributed by atoms with Crippen LogP contribution in [0.25, 0.3) is 0 Å². The molecule has 0 aliphatic carbocycles. The molecule has 6 nitrogen and oxygen atoms in total. The van der Waals surface area contributed by atoms with E-state index in [1.165, 1.54) is 4.90 Å². The summed E-state index contributed by atoms with van der Waals surface area (Å²) in [7, 11) is 0. The Kier molecular flexibility index (Phi) is 7.47. The van der Waals surface area contributed by atoms with Gasteiger partial charge in [0.15, 0.2) is 0 Å². The molecule has 1 amide bonds. The monoisotopic (exact) mass is 450 g/mol. The molecule has 1 aliphatic heterocycles. The summed E-state index contributed by atoms with van der Waals surface area (Å²) in [6.07, 6.45) is 2.24. The molecule has 0 unspecified atom stereocenters. The van der Waals surface area contributed by atoms with Gasteiger partial charge in [0.2, 0.25) is 5.91 Å².